The fourth-order valence-corrected chi connectivity index (χ4v) is 6.51. The van der Waals surface area contributed by atoms with Gasteiger partial charge in [0.15, 0.2) is 0 Å². The lowest BCUT2D eigenvalue weighted by Gasteiger charge is -2.44. The Bertz CT molecular complexity index is 159. The van der Waals surface area contributed by atoms with Gasteiger partial charge >= 0.3 is 0 Å². The number of hydrogen-bond donors (Lipinski definition) is 1. The van der Waals surface area contributed by atoms with Crippen molar-refractivity contribution in [3.05, 3.63) is 0 Å². The van der Waals surface area contributed by atoms with Crippen molar-refractivity contribution >= 4 is 19.7 Å². The maximum absolute atomic E-state index is 4.89. The first-order valence-electron chi connectivity index (χ1n) is 6.25. The standard InChI is InChI=1S/C12H29N2PS/c1-9(2)13(10(3)4)15(16)14(11(5)6)12(7)8/h9-12,16H,1-8H3. The highest BCUT2D eigenvalue weighted by Crippen LogP contribution is 2.53. The van der Waals surface area contributed by atoms with E-state index in [0.717, 1.165) is 0 Å². The molecule has 0 saturated carbocycles. The maximum atomic E-state index is 4.89. The van der Waals surface area contributed by atoms with Crippen LogP contribution in [0.3, 0.4) is 0 Å². The minimum Gasteiger partial charge on any atom is -0.257 e. The van der Waals surface area contributed by atoms with Gasteiger partial charge in [-0.3, -0.25) is 9.34 Å². The van der Waals surface area contributed by atoms with Gasteiger partial charge in [-0.15, -0.1) is 12.2 Å². The van der Waals surface area contributed by atoms with Crippen molar-refractivity contribution in [2.75, 3.05) is 0 Å². The van der Waals surface area contributed by atoms with Crippen molar-refractivity contribution in [1.82, 2.24) is 9.34 Å². The van der Waals surface area contributed by atoms with Gasteiger partial charge in [-0.05, 0) is 55.4 Å². The molecule has 0 aliphatic carbocycles. The molecule has 0 aromatic heterocycles. The highest BCUT2D eigenvalue weighted by molar-refractivity contribution is 8.43. The number of hydrogen-bond acceptors (Lipinski definition) is 3. The Hall–Kier alpha value is 0.700. The Labute approximate surface area is 109 Å². The van der Waals surface area contributed by atoms with Crippen LogP contribution >= 0.6 is 19.7 Å². The summed E-state index contributed by atoms with van der Waals surface area (Å²) in [5, 5.41) is 0. The van der Waals surface area contributed by atoms with Crippen molar-refractivity contribution in [1.29, 1.82) is 0 Å². The lowest BCUT2D eigenvalue weighted by Crippen LogP contribution is -2.41. The van der Waals surface area contributed by atoms with Crippen molar-refractivity contribution in [3.63, 3.8) is 0 Å². The first-order valence-corrected chi connectivity index (χ1v) is 8.65. The lowest BCUT2D eigenvalue weighted by atomic mass is 10.3. The molecule has 0 radical (unpaired) electrons. The van der Waals surface area contributed by atoms with Gasteiger partial charge in [0.2, 0.25) is 0 Å². The van der Waals surface area contributed by atoms with E-state index in [2.05, 4.69) is 64.7 Å². The minimum absolute atomic E-state index is 0.504. The van der Waals surface area contributed by atoms with Crippen LogP contribution in [0.1, 0.15) is 55.4 Å². The molecule has 0 aliphatic heterocycles. The van der Waals surface area contributed by atoms with Gasteiger partial charge in [-0.25, -0.2) is 0 Å². The van der Waals surface area contributed by atoms with Gasteiger partial charge in [-0.2, -0.15) is 0 Å². The average molecular weight is 264 g/mol. The van der Waals surface area contributed by atoms with Gasteiger partial charge in [0.25, 0.3) is 0 Å². The molecule has 16 heavy (non-hydrogen) atoms. The van der Waals surface area contributed by atoms with Crippen LogP contribution in [0.2, 0.25) is 0 Å². The highest BCUT2D eigenvalue weighted by Gasteiger charge is 2.29. The lowest BCUT2D eigenvalue weighted by molar-refractivity contribution is 0.264. The summed E-state index contributed by atoms with van der Waals surface area (Å²) in [5.41, 5.74) is 0. The smallest absolute Gasteiger partial charge is 0.101 e. The van der Waals surface area contributed by atoms with E-state index in [4.69, 9.17) is 12.2 Å². The summed E-state index contributed by atoms with van der Waals surface area (Å²) in [6.07, 6.45) is 0. The number of rotatable bonds is 6. The van der Waals surface area contributed by atoms with Crippen LogP contribution < -0.4 is 0 Å². The Kier molecular flexibility index (Phi) is 7.52. The summed E-state index contributed by atoms with van der Waals surface area (Å²) in [7, 11) is -0.504. The van der Waals surface area contributed by atoms with Gasteiger partial charge in [0.1, 0.15) is 7.42 Å². The monoisotopic (exact) mass is 264 g/mol. The molecule has 0 aromatic rings. The molecule has 0 aliphatic rings. The molecule has 4 heteroatoms. The molecule has 0 N–H and O–H groups in total. The minimum atomic E-state index is -0.504. The van der Waals surface area contributed by atoms with Gasteiger partial charge in [0.05, 0.1) is 0 Å². The third-order valence-corrected chi connectivity index (χ3v) is 6.44. The van der Waals surface area contributed by atoms with Crippen molar-refractivity contribution in [2.45, 2.75) is 79.6 Å². The molecular weight excluding hydrogens is 235 g/mol. The van der Waals surface area contributed by atoms with Crippen molar-refractivity contribution in [2.24, 2.45) is 0 Å². The second-order valence-corrected chi connectivity index (χ2v) is 7.94. The zero-order valence-corrected chi connectivity index (χ0v) is 13.9. The Morgan fingerprint density at radius 2 is 0.812 bits per heavy atom. The van der Waals surface area contributed by atoms with E-state index >= 15 is 0 Å². The summed E-state index contributed by atoms with van der Waals surface area (Å²) in [4.78, 5) is 0. The summed E-state index contributed by atoms with van der Waals surface area (Å²) in [6, 6.07) is 2.18. The molecule has 0 amide bonds. The molecule has 0 saturated heterocycles. The summed E-state index contributed by atoms with van der Waals surface area (Å²) >= 11 is 4.89. The second-order valence-electron chi connectivity index (χ2n) is 5.40. The predicted molar refractivity (Wildman–Crippen MR) is 80.1 cm³/mol. The first-order chi connectivity index (χ1) is 7.20. The molecule has 98 valence electrons. The Morgan fingerprint density at radius 3 is 0.938 bits per heavy atom. The maximum Gasteiger partial charge on any atom is 0.101 e. The molecule has 0 spiro atoms. The molecule has 0 atom stereocenters. The number of thiol groups is 1. The molecule has 2 nitrogen and oxygen atoms in total. The molecular formula is C12H29N2PS. The molecule has 0 rings (SSSR count). The van der Waals surface area contributed by atoms with Crippen LogP contribution in [0.5, 0.6) is 0 Å². The van der Waals surface area contributed by atoms with E-state index in [1.54, 1.807) is 0 Å². The summed E-state index contributed by atoms with van der Waals surface area (Å²) in [5.74, 6) is 0. The Balaban J connectivity index is 4.88. The molecule has 0 bridgehead atoms. The van der Waals surface area contributed by atoms with Crippen LogP contribution in [0.4, 0.5) is 0 Å². The fourth-order valence-electron chi connectivity index (χ4n) is 2.14. The highest BCUT2D eigenvalue weighted by atomic mass is 32.7. The zero-order chi connectivity index (χ0) is 13.0. The van der Waals surface area contributed by atoms with E-state index < -0.39 is 7.42 Å². The molecule has 0 aromatic carbocycles. The Morgan fingerprint density at radius 1 is 0.625 bits per heavy atom. The zero-order valence-electron chi connectivity index (χ0n) is 12.1. The quantitative estimate of drug-likeness (QED) is 0.562. The van der Waals surface area contributed by atoms with Crippen molar-refractivity contribution < 1.29 is 0 Å². The third-order valence-electron chi connectivity index (χ3n) is 2.53. The second kappa shape index (κ2) is 7.20. The van der Waals surface area contributed by atoms with Crippen LogP contribution in [0.25, 0.3) is 0 Å². The van der Waals surface area contributed by atoms with Gasteiger partial charge in [0, 0.05) is 24.2 Å². The van der Waals surface area contributed by atoms with Crippen molar-refractivity contribution in [3.8, 4) is 0 Å². The fraction of sp³-hybridized carbons (Fsp3) is 1.00. The van der Waals surface area contributed by atoms with Crippen LogP contribution in [-0.2, 0) is 0 Å². The molecule has 0 fully saturated rings. The number of nitrogens with zero attached hydrogens (tertiary/aromatic N) is 2. The first kappa shape index (κ1) is 16.7. The third kappa shape index (κ3) is 4.52. The topological polar surface area (TPSA) is 6.48 Å². The van der Waals surface area contributed by atoms with E-state index in [-0.39, 0.29) is 0 Å². The SMILES string of the molecule is CC(C)N(C(C)C)P(S)N(C(C)C)C(C)C. The van der Waals surface area contributed by atoms with Crippen LogP contribution in [0, 0.1) is 0 Å². The van der Waals surface area contributed by atoms with Gasteiger partial charge < -0.3 is 0 Å². The van der Waals surface area contributed by atoms with E-state index in [0.29, 0.717) is 24.2 Å². The van der Waals surface area contributed by atoms with E-state index in [9.17, 15) is 0 Å². The molecule has 0 heterocycles. The largest absolute Gasteiger partial charge is 0.257 e. The van der Waals surface area contributed by atoms with E-state index in [1.807, 2.05) is 0 Å². The van der Waals surface area contributed by atoms with Crippen LogP contribution in [-0.4, -0.2) is 33.5 Å². The summed E-state index contributed by atoms with van der Waals surface area (Å²) < 4.78 is 5.02. The predicted octanol–water partition coefficient (Wildman–Crippen LogP) is 4.38. The van der Waals surface area contributed by atoms with E-state index in [1.165, 1.54) is 0 Å². The normalized spacial score (nSPS) is 13.5. The van der Waals surface area contributed by atoms with Gasteiger partial charge in [-0.1, -0.05) is 0 Å². The average Bonchev–Trinajstić information content (AvgIpc) is 1.99. The molecule has 0 unspecified atom stereocenters. The van der Waals surface area contributed by atoms with Crippen LogP contribution in [0.15, 0.2) is 0 Å². The summed E-state index contributed by atoms with van der Waals surface area (Å²) in [6.45, 7) is 18.0.